The Morgan fingerprint density at radius 3 is 1.70 bits per heavy atom. The molecule has 0 aromatic heterocycles. The van der Waals surface area contributed by atoms with Crippen molar-refractivity contribution in [2.45, 2.75) is 163 Å². The molecule has 0 spiro atoms. The second-order valence-electron chi connectivity index (χ2n) is 14.4. The summed E-state index contributed by atoms with van der Waals surface area (Å²) >= 11 is 0. The van der Waals surface area contributed by atoms with E-state index in [1.807, 2.05) is 0 Å². The fourth-order valence-corrected chi connectivity index (χ4v) is 6.78. The topological polar surface area (TPSA) is 397 Å². The summed E-state index contributed by atoms with van der Waals surface area (Å²) < 4.78 is 41.4. The van der Waals surface area contributed by atoms with Crippen LogP contribution in [0.15, 0.2) is 0 Å². The molecule has 0 aromatic carbocycles. The van der Waals surface area contributed by atoms with Crippen molar-refractivity contribution in [3.63, 3.8) is 0 Å². The molecule has 0 saturated carbocycles. The molecule has 4 heterocycles. The first-order valence-electron chi connectivity index (χ1n) is 18.1. The van der Waals surface area contributed by atoms with Gasteiger partial charge in [0.25, 0.3) is 0 Å². The molecule has 0 aromatic rings. The van der Waals surface area contributed by atoms with Crippen LogP contribution in [0, 0.1) is 0 Å². The smallest absolute Gasteiger partial charge is 0.321 e. The Kier molecular flexibility index (Phi) is 16.4. The van der Waals surface area contributed by atoms with E-state index in [0.29, 0.717) is 0 Å². The minimum absolute atomic E-state index is 0.740. The van der Waals surface area contributed by atoms with Crippen LogP contribution in [0.5, 0.6) is 0 Å². The van der Waals surface area contributed by atoms with Crippen molar-refractivity contribution in [2.75, 3.05) is 13.2 Å². The third kappa shape index (κ3) is 11.1. The number of rotatable bonds is 14. The van der Waals surface area contributed by atoms with E-state index in [1.54, 1.807) is 0 Å². The number of nitrogens with two attached hydrogens (primary N) is 1. The average Bonchev–Trinajstić information content (AvgIpc) is 3.14. The van der Waals surface area contributed by atoms with Crippen molar-refractivity contribution in [1.29, 1.82) is 0 Å². The van der Waals surface area contributed by atoms with E-state index in [2.05, 4.69) is 16.0 Å². The van der Waals surface area contributed by atoms with Crippen LogP contribution in [0.2, 0.25) is 0 Å². The Morgan fingerprint density at radius 2 is 1.16 bits per heavy atom. The van der Waals surface area contributed by atoms with E-state index in [4.69, 9.17) is 38.9 Å². The number of hydrogen-bond donors (Lipinski definition) is 14. The van der Waals surface area contributed by atoms with Crippen LogP contribution in [-0.4, -0.2) is 217 Å². The largest absolute Gasteiger partial charge is 0.480 e. The molecule has 328 valence electrons. The van der Waals surface area contributed by atoms with E-state index in [0.717, 1.165) is 13.8 Å². The first-order chi connectivity index (χ1) is 26.7. The first-order valence-corrected chi connectivity index (χ1v) is 18.1. The summed E-state index contributed by atoms with van der Waals surface area (Å²) in [6, 6.07) is -4.91. The van der Waals surface area contributed by atoms with Gasteiger partial charge in [0, 0.05) is 13.8 Å². The van der Waals surface area contributed by atoms with Gasteiger partial charge in [0.1, 0.15) is 91.4 Å². The fraction of sp³-hybridized carbons (Fsp3) is 0.875. The Hall–Kier alpha value is -2.80. The van der Waals surface area contributed by atoms with E-state index < -0.39 is 172 Å². The number of carboxylic acid groups (broad SMARTS) is 1. The van der Waals surface area contributed by atoms with Gasteiger partial charge in [-0.3, -0.25) is 19.2 Å². The molecule has 15 N–H and O–H groups in total. The van der Waals surface area contributed by atoms with Crippen molar-refractivity contribution in [3.8, 4) is 0 Å². The van der Waals surface area contributed by atoms with Crippen LogP contribution in [-0.2, 0) is 52.3 Å². The highest BCUT2D eigenvalue weighted by atomic mass is 16.7. The summed E-state index contributed by atoms with van der Waals surface area (Å²) in [5.41, 5.74) is 5.56. The molecule has 12 unspecified atom stereocenters. The zero-order valence-electron chi connectivity index (χ0n) is 31.3. The number of nitrogens with one attached hydrogen (secondary N) is 3. The highest BCUT2D eigenvalue weighted by Crippen LogP contribution is 2.34. The monoisotopic (exact) mass is 830 g/mol. The van der Waals surface area contributed by atoms with Gasteiger partial charge >= 0.3 is 5.97 Å². The molecule has 4 aliphatic rings. The molecule has 21 atom stereocenters. The minimum atomic E-state index is -1.98. The lowest BCUT2D eigenvalue weighted by atomic mass is 9.93. The van der Waals surface area contributed by atoms with Crippen LogP contribution in [0.1, 0.15) is 34.1 Å². The molecule has 0 aliphatic carbocycles. The predicted molar refractivity (Wildman–Crippen MR) is 180 cm³/mol. The summed E-state index contributed by atoms with van der Waals surface area (Å²) in [7, 11) is 0. The van der Waals surface area contributed by atoms with Crippen molar-refractivity contribution < 1.29 is 103 Å². The van der Waals surface area contributed by atoms with E-state index in [1.165, 1.54) is 13.8 Å². The standard InChI is InChI=1S/C32H54N4O21/c1-8-18(41)22(45)24(47)31(52-8)51-7-14-26(56-30-16(34-10(3)38)21(44)20(43)13(6-37)55-30)27(57-32-25(48)23(46)19(42)9(2)53-32)17(35-11(4)39)28(54-14)36-15(40)5-12(33)29(49)50/h8-9,12-14,16-28,30-32,37,41-48H,5-7,33H2,1-4H3,(H,34,38)(H,35,39)(H,36,40)(H,49,50)/t8-,9?,12?,13?,14?,16?,17?,18+,19+,20+,21?,22?,23?,24?,25?,26+,27?,28+,30-,31+,32-/m0/s1. The average molecular weight is 831 g/mol. The summed E-state index contributed by atoms with van der Waals surface area (Å²) in [6.07, 6.45) is -31.0. The number of carbonyl (C=O) groups excluding carboxylic acids is 3. The fourth-order valence-electron chi connectivity index (χ4n) is 6.78. The SMILES string of the molecule is CC(=O)NC1C(O)[C@H](O)C(CO)O[C@H]1O[C@@H]1C(CO[C@@H]2O[C@@H](C)[C@@H](O)C(O)C2O)O[C@@H](NC(=O)CC(N)C(=O)O)C(NC(C)=O)C1O[C@@H]1OC(C)[C@@H](O)C(O)C1O. The number of carbonyl (C=O) groups is 4. The molecule has 25 heteroatoms. The maximum atomic E-state index is 13.2. The molecule has 4 fully saturated rings. The zero-order valence-corrected chi connectivity index (χ0v) is 31.3. The van der Waals surface area contributed by atoms with Crippen LogP contribution in [0.25, 0.3) is 0 Å². The third-order valence-electron chi connectivity index (χ3n) is 9.96. The molecule has 4 rings (SSSR count). The van der Waals surface area contributed by atoms with Gasteiger partial charge in [-0.15, -0.1) is 0 Å². The number of aliphatic hydroxyl groups is 9. The summed E-state index contributed by atoms with van der Waals surface area (Å²) in [5, 5.41) is 111. The minimum Gasteiger partial charge on any atom is -0.480 e. The van der Waals surface area contributed by atoms with Crippen molar-refractivity contribution >= 4 is 23.7 Å². The first kappa shape index (κ1) is 46.9. The quantitative estimate of drug-likeness (QED) is 0.0773. The highest BCUT2D eigenvalue weighted by molar-refractivity contribution is 5.84. The lowest BCUT2D eigenvalue weighted by Crippen LogP contribution is -2.72. The second-order valence-corrected chi connectivity index (χ2v) is 14.4. The second kappa shape index (κ2) is 20.0. The van der Waals surface area contributed by atoms with Gasteiger partial charge in [-0.05, 0) is 13.8 Å². The summed E-state index contributed by atoms with van der Waals surface area (Å²) in [6.45, 7) is 3.20. The predicted octanol–water partition coefficient (Wildman–Crippen LogP) is -8.48. The molecule has 0 radical (unpaired) electrons. The molecule has 57 heavy (non-hydrogen) atoms. The summed E-state index contributed by atoms with van der Waals surface area (Å²) in [5.74, 6) is -4.08. The molecule has 4 saturated heterocycles. The molecule has 0 bridgehead atoms. The maximum Gasteiger partial charge on any atom is 0.321 e. The lowest BCUT2D eigenvalue weighted by molar-refractivity contribution is -0.357. The van der Waals surface area contributed by atoms with Crippen molar-refractivity contribution in [2.24, 2.45) is 5.73 Å². The van der Waals surface area contributed by atoms with E-state index >= 15 is 0 Å². The van der Waals surface area contributed by atoms with E-state index in [-0.39, 0.29) is 0 Å². The van der Waals surface area contributed by atoms with Gasteiger partial charge < -0.3 is 106 Å². The Labute approximate surface area is 324 Å². The number of ether oxygens (including phenoxy) is 7. The van der Waals surface area contributed by atoms with Gasteiger partial charge in [0.05, 0.1) is 31.8 Å². The zero-order chi connectivity index (χ0) is 42.6. The molecule has 3 amide bonds. The van der Waals surface area contributed by atoms with Crippen molar-refractivity contribution in [3.05, 3.63) is 0 Å². The molecule has 4 aliphatic heterocycles. The van der Waals surface area contributed by atoms with Gasteiger partial charge in [-0.25, -0.2) is 0 Å². The van der Waals surface area contributed by atoms with Crippen LogP contribution in [0.4, 0.5) is 0 Å². The van der Waals surface area contributed by atoms with Crippen LogP contribution < -0.4 is 21.7 Å². The highest BCUT2D eigenvalue weighted by Gasteiger charge is 2.56. The van der Waals surface area contributed by atoms with Gasteiger partial charge in [-0.2, -0.15) is 0 Å². The third-order valence-corrected chi connectivity index (χ3v) is 9.96. The number of amides is 3. The number of carboxylic acids is 1. The Morgan fingerprint density at radius 1 is 0.632 bits per heavy atom. The number of aliphatic hydroxyl groups excluding tert-OH is 9. The Bertz CT molecular complexity index is 1390. The van der Waals surface area contributed by atoms with Gasteiger partial charge in [-0.1, -0.05) is 0 Å². The lowest BCUT2D eigenvalue weighted by Gasteiger charge is -2.51. The normalized spacial score (nSPS) is 44.4. The molecular formula is C32H54N4O21. The van der Waals surface area contributed by atoms with E-state index in [9.17, 15) is 70.2 Å². The molecule has 25 nitrogen and oxygen atoms in total. The number of aliphatic carboxylic acids is 1. The number of hydrogen-bond acceptors (Lipinski definition) is 21. The van der Waals surface area contributed by atoms with Gasteiger partial charge in [0.2, 0.25) is 17.7 Å². The van der Waals surface area contributed by atoms with Crippen molar-refractivity contribution in [1.82, 2.24) is 16.0 Å². The van der Waals surface area contributed by atoms with Crippen LogP contribution >= 0.6 is 0 Å². The molecular weight excluding hydrogens is 776 g/mol. The summed E-state index contributed by atoms with van der Waals surface area (Å²) in [4.78, 5) is 49.6. The Balaban J connectivity index is 1.83. The van der Waals surface area contributed by atoms with Crippen LogP contribution in [0.3, 0.4) is 0 Å². The maximum absolute atomic E-state index is 13.2. The van der Waals surface area contributed by atoms with Gasteiger partial charge in [0.15, 0.2) is 25.1 Å².